The molecule has 0 atom stereocenters. The summed E-state index contributed by atoms with van der Waals surface area (Å²) in [6, 6.07) is 7.37. The highest BCUT2D eigenvalue weighted by Gasteiger charge is 2.15. The summed E-state index contributed by atoms with van der Waals surface area (Å²) in [5.74, 6) is -1.09. The summed E-state index contributed by atoms with van der Waals surface area (Å²) < 4.78 is 18.7. The van der Waals surface area contributed by atoms with E-state index in [0.29, 0.717) is 22.7 Å². The van der Waals surface area contributed by atoms with E-state index in [1.165, 1.54) is 48.2 Å². The first kappa shape index (κ1) is 20.1. The zero-order valence-corrected chi connectivity index (χ0v) is 16.0. The van der Waals surface area contributed by atoms with Gasteiger partial charge in [-0.15, -0.1) is 11.3 Å². The average Bonchev–Trinajstić information content (AvgIpc) is 3.09. The van der Waals surface area contributed by atoms with Gasteiger partial charge in [-0.3, -0.25) is 9.59 Å². The summed E-state index contributed by atoms with van der Waals surface area (Å²) in [6.07, 6.45) is 1.84. The molecule has 8 heteroatoms. The number of ketones is 1. The summed E-state index contributed by atoms with van der Waals surface area (Å²) in [5.41, 5.74) is 0.625. The van der Waals surface area contributed by atoms with Crippen LogP contribution in [0.3, 0.4) is 0 Å². The summed E-state index contributed by atoms with van der Waals surface area (Å²) in [4.78, 5) is 36.4. The smallest absolute Gasteiger partial charge is 0.338 e. The van der Waals surface area contributed by atoms with Crippen LogP contribution in [0.5, 0.6) is 0 Å². The molecule has 2 rings (SSSR count). The number of esters is 1. The third kappa shape index (κ3) is 5.67. The van der Waals surface area contributed by atoms with Gasteiger partial charge >= 0.3 is 5.97 Å². The second-order valence-corrected chi connectivity index (χ2v) is 7.45. The van der Waals surface area contributed by atoms with Crippen molar-refractivity contribution in [3.63, 3.8) is 0 Å². The molecule has 0 aliphatic heterocycles. The van der Waals surface area contributed by atoms with Crippen molar-refractivity contribution in [2.24, 2.45) is 0 Å². The third-order valence-corrected chi connectivity index (χ3v) is 5.09. The van der Waals surface area contributed by atoms with Crippen molar-refractivity contribution in [3.05, 3.63) is 57.0 Å². The van der Waals surface area contributed by atoms with Gasteiger partial charge < -0.3 is 10.1 Å². The SMILES string of the molecule is CSCc1cc(C(=O)OCC(=O)c2ccc(CNC(C)=O)s2)ccc1F. The number of ether oxygens (including phenoxy) is 1. The van der Waals surface area contributed by atoms with Crippen molar-refractivity contribution in [1.82, 2.24) is 5.32 Å². The standard InChI is InChI=1S/C18H18FNO4S2/c1-11(21)20-8-14-4-6-17(26-14)16(22)9-24-18(23)12-3-5-15(19)13(7-12)10-25-2/h3-7H,8-10H2,1-2H3,(H,20,21). The second kappa shape index (κ2) is 9.49. The minimum absolute atomic E-state index is 0.152. The molecule has 0 unspecified atom stereocenters. The van der Waals surface area contributed by atoms with Crippen molar-refractivity contribution in [2.45, 2.75) is 19.2 Å². The van der Waals surface area contributed by atoms with Crippen LogP contribution < -0.4 is 5.32 Å². The first-order valence-corrected chi connectivity index (χ1v) is 9.92. The molecule has 0 fully saturated rings. The van der Waals surface area contributed by atoms with Crippen molar-refractivity contribution in [2.75, 3.05) is 12.9 Å². The Labute approximate surface area is 158 Å². The lowest BCUT2D eigenvalue weighted by Gasteiger charge is -2.06. The van der Waals surface area contributed by atoms with E-state index in [1.54, 1.807) is 12.1 Å². The predicted molar refractivity (Wildman–Crippen MR) is 100 cm³/mol. The fourth-order valence-corrected chi connectivity index (χ4v) is 3.49. The number of halogens is 1. The van der Waals surface area contributed by atoms with Gasteiger partial charge in [-0.05, 0) is 42.2 Å². The molecule has 5 nitrogen and oxygen atoms in total. The quantitative estimate of drug-likeness (QED) is 0.548. The number of benzene rings is 1. The molecular formula is C18H18FNO4S2. The molecule has 0 spiro atoms. The number of carbonyl (C=O) groups is 3. The van der Waals surface area contributed by atoms with E-state index in [1.807, 2.05) is 6.26 Å². The van der Waals surface area contributed by atoms with Gasteiger partial charge in [-0.2, -0.15) is 11.8 Å². The van der Waals surface area contributed by atoms with Crippen LogP contribution in [-0.2, 0) is 21.8 Å². The Kier molecular flexibility index (Phi) is 7.35. The number of hydrogen-bond donors (Lipinski definition) is 1. The fraction of sp³-hybridized carbons (Fsp3) is 0.278. The number of nitrogens with one attached hydrogen (secondary N) is 1. The average molecular weight is 395 g/mol. The van der Waals surface area contributed by atoms with Gasteiger partial charge in [0.25, 0.3) is 0 Å². The fourth-order valence-electron chi connectivity index (χ4n) is 2.09. The summed E-state index contributed by atoms with van der Waals surface area (Å²) in [6.45, 7) is 1.37. The van der Waals surface area contributed by atoms with E-state index in [0.717, 1.165) is 4.88 Å². The molecule has 0 aliphatic rings. The number of Topliss-reactive ketones (excluding diaryl/α,β-unsaturated/α-hetero) is 1. The number of hydrogen-bond acceptors (Lipinski definition) is 6. The minimum Gasteiger partial charge on any atom is -0.454 e. The number of carbonyl (C=O) groups excluding carboxylic acids is 3. The molecule has 0 saturated heterocycles. The first-order valence-electron chi connectivity index (χ1n) is 7.71. The van der Waals surface area contributed by atoms with Gasteiger partial charge in [0.05, 0.1) is 17.0 Å². The van der Waals surface area contributed by atoms with Gasteiger partial charge in [0, 0.05) is 17.6 Å². The highest BCUT2D eigenvalue weighted by molar-refractivity contribution is 7.97. The van der Waals surface area contributed by atoms with Crippen LogP contribution in [0.25, 0.3) is 0 Å². The maximum Gasteiger partial charge on any atom is 0.338 e. The van der Waals surface area contributed by atoms with E-state index in [4.69, 9.17) is 4.74 Å². The molecule has 1 aromatic heterocycles. The monoisotopic (exact) mass is 395 g/mol. The maximum absolute atomic E-state index is 13.6. The van der Waals surface area contributed by atoms with Crippen LogP contribution in [-0.4, -0.2) is 30.5 Å². The maximum atomic E-state index is 13.6. The van der Waals surface area contributed by atoms with E-state index in [9.17, 15) is 18.8 Å². The topological polar surface area (TPSA) is 72.5 Å². The van der Waals surface area contributed by atoms with Gasteiger partial charge in [-0.25, -0.2) is 9.18 Å². The van der Waals surface area contributed by atoms with Crippen LogP contribution in [0.2, 0.25) is 0 Å². The number of amides is 1. The molecule has 2 aromatic rings. The zero-order valence-electron chi connectivity index (χ0n) is 14.3. The Bertz CT molecular complexity index is 819. The largest absolute Gasteiger partial charge is 0.454 e. The number of thioether (sulfide) groups is 1. The summed E-state index contributed by atoms with van der Waals surface area (Å²) >= 11 is 2.68. The van der Waals surface area contributed by atoms with Crippen LogP contribution in [0, 0.1) is 5.82 Å². The molecule has 0 saturated carbocycles. The normalized spacial score (nSPS) is 10.4. The van der Waals surface area contributed by atoms with Crippen molar-refractivity contribution < 1.29 is 23.5 Å². The van der Waals surface area contributed by atoms with Crippen molar-refractivity contribution in [1.29, 1.82) is 0 Å². The predicted octanol–water partition coefficient (Wildman–Crippen LogP) is 3.43. The molecule has 1 amide bonds. The van der Waals surface area contributed by atoms with E-state index >= 15 is 0 Å². The van der Waals surface area contributed by atoms with Gasteiger partial charge in [0.1, 0.15) is 5.82 Å². The zero-order chi connectivity index (χ0) is 19.1. The Morgan fingerprint density at radius 1 is 1.23 bits per heavy atom. The van der Waals surface area contributed by atoms with Gasteiger partial charge in [-0.1, -0.05) is 0 Å². The Balaban J connectivity index is 1.93. The molecule has 0 aliphatic carbocycles. The molecule has 0 bridgehead atoms. The van der Waals surface area contributed by atoms with Crippen LogP contribution in [0.4, 0.5) is 4.39 Å². The van der Waals surface area contributed by atoms with E-state index in [-0.39, 0.29) is 23.1 Å². The Hall–Kier alpha value is -2.19. The van der Waals surface area contributed by atoms with Crippen molar-refractivity contribution in [3.8, 4) is 0 Å². The third-order valence-electron chi connectivity index (χ3n) is 3.36. The van der Waals surface area contributed by atoms with Gasteiger partial charge in [0.15, 0.2) is 6.61 Å². The van der Waals surface area contributed by atoms with Crippen LogP contribution in [0.1, 0.15) is 37.4 Å². The second-order valence-electron chi connectivity index (χ2n) is 5.41. The van der Waals surface area contributed by atoms with Gasteiger partial charge in [0.2, 0.25) is 11.7 Å². The highest BCUT2D eigenvalue weighted by Crippen LogP contribution is 2.18. The van der Waals surface area contributed by atoms with E-state index < -0.39 is 12.6 Å². The van der Waals surface area contributed by atoms with E-state index in [2.05, 4.69) is 5.32 Å². The lowest BCUT2D eigenvalue weighted by Crippen LogP contribution is -2.18. The van der Waals surface area contributed by atoms with Crippen LogP contribution in [0.15, 0.2) is 30.3 Å². The first-order chi connectivity index (χ1) is 12.4. The number of rotatable bonds is 8. The summed E-state index contributed by atoms with van der Waals surface area (Å²) in [5, 5.41) is 2.65. The lowest BCUT2D eigenvalue weighted by atomic mass is 10.1. The molecular weight excluding hydrogens is 377 g/mol. The summed E-state index contributed by atoms with van der Waals surface area (Å²) in [7, 11) is 0. The molecule has 0 radical (unpaired) electrons. The molecule has 1 heterocycles. The number of thiophene rings is 1. The Morgan fingerprint density at radius 2 is 2.00 bits per heavy atom. The van der Waals surface area contributed by atoms with Crippen molar-refractivity contribution >= 4 is 40.8 Å². The molecule has 138 valence electrons. The molecule has 1 N–H and O–H groups in total. The molecule has 26 heavy (non-hydrogen) atoms. The lowest BCUT2D eigenvalue weighted by molar-refractivity contribution is -0.119. The highest BCUT2D eigenvalue weighted by atomic mass is 32.2. The molecule has 1 aromatic carbocycles. The van der Waals surface area contributed by atoms with Crippen LogP contribution >= 0.6 is 23.1 Å². The minimum atomic E-state index is -0.671. The Morgan fingerprint density at radius 3 is 2.69 bits per heavy atom.